The number of methoxy groups -OCH3 is 1. The zero-order chi connectivity index (χ0) is 13.8. The van der Waals surface area contributed by atoms with Gasteiger partial charge in [0.25, 0.3) is 0 Å². The minimum absolute atomic E-state index is 0.336. The zero-order valence-corrected chi connectivity index (χ0v) is 12.3. The van der Waals surface area contributed by atoms with Crippen molar-refractivity contribution < 1.29 is 9.47 Å². The number of ether oxygens (including phenoxy) is 2. The minimum Gasteiger partial charge on any atom is -0.493 e. The summed E-state index contributed by atoms with van der Waals surface area (Å²) in [7, 11) is 1.58. The van der Waals surface area contributed by atoms with Crippen LogP contribution in [0.5, 0.6) is 11.5 Å². The third kappa shape index (κ3) is 3.37. The lowest BCUT2D eigenvalue weighted by molar-refractivity contribution is 0.281. The van der Waals surface area contributed by atoms with Gasteiger partial charge in [0, 0.05) is 34.3 Å². The largest absolute Gasteiger partial charge is 0.493 e. The van der Waals surface area contributed by atoms with E-state index >= 15 is 0 Å². The standard InChI is InChI=1S/C13H15ClN2O2S/c1-8-7-19-12(16-8)6-18-13-9(5-15)3-10(14)4-11(13)17-2/h3-4,7H,5-6,15H2,1-2H3. The van der Waals surface area contributed by atoms with Crippen molar-refractivity contribution in [2.75, 3.05) is 7.11 Å². The van der Waals surface area contributed by atoms with E-state index < -0.39 is 0 Å². The van der Waals surface area contributed by atoms with Gasteiger partial charge in [0.15, 0.2) is 11.5 Å². The Hall–Kier alpha value is -1.30. The van der Waals surface area contributed by atoms with Gasteiger partial charge in [-0.25, -0.2) is 4.98 Å². The van der Waals surface area contributed by atoms with Crippen molar-refractivity contribution in [2.24, 2.45) is 5.73 Å². The van der Waals surface area contributed by atoms with E-state index in [4.69, 9.17) is 26.8 Å². The normalized spacial score (nSPS) is 10.5. The van der Waals surface area contributed by atoms with E-state index in [1.165, 1.54) is 0 Å². The molecule has 0 aliphatic rings. The Morgan fingerprint density at radius 1 is 1.42 bits per heavy atom. The van der Waals surface area contributed by atoms with Gasteiger partial charge < -0.3 is 15.2 Å². The highest BCUT2D eigenvalue weighted by Gasteiger charge is 2.12. The van der Waals surface area contributed by atoms with Gasteiger partial charge in [-0.15, -0.1) is 11.3 Å². The first-order chi connectivity index (χ1) is 9.13. The van der Waals surface area contributed by atoms with Gasteiger partial charge in [-0.05, 0) is 13.0 Å². The van der Waals surface area contributed by atoms with Crippen molar-refractivity contribution in [1.82, 2.24) is 4.98 Å². The molecule has 0 saturated carbocycles. The van der Waals surface area contributed by atoms with Crippen LogP contribution < -0.4 is 15.2 Å². The summed E-state index contributed by atoms with van der Waals surface area (Å²) in [6.07, 6.45) is 0. The van der Waals surface area contributed by atoms with Crippen LogP contribution in [0.2, 0.25) is 5.02 Å². The lowest BCUT2D eigenvalue weighted by atomic mass is 10.2. The monoisotopic (exact) mass is 298 g/mol. The number of hydrogen-bond donors (Lipinski definition) is 1. The smallest absolute Gasteiger partial charge is 0.166 e. The maximum Gasteiger partial charge on any atom is 0.166 e. The molecule has 0 amide bonds. The van der Waals surface area contributed by atoms with Gasteiger partial charge in [0.2, 0.25) is 0 Å². The Labute approximate surface area is 121 Å². The number of rotatable bonds is 5. The fraction of sp³-hybridized carbons (Fsp3) is 0.308. The molecule has 0 saturated heterocycles. The van der Waals surface area contributed by atoms with Gasteiger partial charge in [-0.1, -0.05) is 11.6 Å². The molecule has 1 heterocycles. The van der Waals surface area contributed by atoms with Crippen LogP contribution in [0.4, 0.5) is 0 Å². The van der Waals surface area contributed by atoms with Gasteiger partial charge in [-0.2, -0.15) is 0 Å². The summed E-state index contributed by atoms with van der Waals surface area (Å²) < 4.78 is 11.1. The van der Waals surface area contributed by atoms with Gasteiger partial charge in [0.05, 0.1) is 7.11 Å². The molecule has 0 spiro atoms. The molecule has 4 nitrogen and oxygen atoms in total. The number of nitrogens with two attached hydrogens (primary N) is 1. The third-order valence-corrected chi connectivity index (χ3v) is 3.70. The molecule has 2 aromatic rings. The van der Waals surface area contributed by atoms with Crippen LogP contribution in [-0.4, -0.2) is 12.1 Å². The number of aryl methyl sites for hydroxylation is 1. The zero-order valence-electron chi connectivity index (χ0n) is 10.8. The Bertz CT molecular complexity index is 547. The molecule has 1 aromatic heterocycles. The topological polar surface area (TPSA) is 57.4 Å². The molecule has 2 rings (SSSR count). The number of benzene rings is 1. The first-order valence-electron chi connectivity index (χ1n) is 5.74. The molecule has 2 N–H and O–H groups in total. The van der Waals surface area contributed by atoms with Gasteiger partial charge in [0.1, 0.15) is 11.6 Å². The number of thiazole rings is 1. The molecule has 0 unspecified atom stereocenters. The van der Waals surface area contributed by atoms with E-state index in [9.17, 15) is 0 Å². The molecule has 0 bridgehead atoms. The predicted molar refractivity (Wildman–Crippen MR) is 77.1 cm³/mol. The Kier molecular flexibility index (Phi) is 4.63. The second kappa shape index (κ2) is 6.23. The number of halogens is 1. The third-order valence-electron chi connectivity index (χ3n) is 2.54. The summed E-state index contributed by atoms with van der Waals surface area (Å²) in [5.74, 6) is 1.21. The Balaban J connectivity index is 2.23. The average Bonchev–Trinajstić information content (AvgIpc) is 2.81. The van der Waals surface area contributed by atoms with Crippen molar-refractivity contribution >= 4 is 22.9 Å². The molecular weight excluding hydrogens is 284 g/mol. The van der Waals surface area contributed by atoms with Crippen molar-refractivity contribution in [3.05, 3.63) is 38.8 Å². The van der Waals surface area contributed by atoms with E-state index in [0.29, 0.717) is 29.7 Å². The van der Waals surface area contributed by atoms with Gasteiger partial charge >= 0.3 is 0 Å². The minimum atomic E-state index is 0.336. The van der Waals surface area contributed by atoms with E-state index in [0.717, 1.165) is 16.3 Å². The van der Waals surface area contributed by atoms with E-state index in [1.54, 1.807) is 30.6 Å². The molecule has 19 heavy (non-hydrogen) atoms. The first-order valence-corrected chi connectivity index (χ1v) is 7.00. The van der Waals surface area contributed by atoms with Crippen LogP contribution in [-0.2, 0) is 13.2 Å². The molecule has 0 fully saturated rings. The van der Waals surface area contributed by atoms with Crippen LogP contribution in [0.15, 0.2) is 17.5 Å². The Morgan fingerprint density at radius 2 is 2.21 bits per heavy atom. The molecule has 0 aliphatic carbocycles. The summed E-state index contributed by atoms with van der Waals surface area (Å²) >= 11 is 7.56. The molecule has 1 aromatic carbocycles. The van der Waals surface area contributed by atoms with Gasteiger partial charge in [-0.3, -0.25) is 0 Å². The molecular formula is C13H15ClN2O2S. The quantitative estimate of drug-likeness (QED) is 0.921. The molecule has 0 aliphatic heterocycles. The molecule has 0 atom stereocenters. The maximum atomic E-state index is 6.00. The first kappa shape index (κ1) is 14.1. The van der Waals surface area contributed by atoms with Crippen molar-refractivity contribution in [3.63, 3.8) is 0 Å². The van der Waals surface area contributed by atoms with Crippen LogP contribution in [0.3, 0.4) is 0 Å². The van der Waals surface area contributed by atoms with Crippen molar-refractivity contribution in [2.45, 2.75) is 20.1 Å². The second-order valence-electron chi connectivity index (χ2n) is 3.97. The number of aromatic nitrogens is 1. The van der Waals surface area contributed by atoms with E-state index in [-0.39, 0.29) is 0 Å². The molecule has 0 radical (unpaired) electrons. The predicted octanol–water partition coefficient (Wildman–Crippen LogP) is 3.15. The fourth-order valence-corrected chi connectivity index (χ4v) is 2.61. The summed E-state index contributed by atoms with van der Waals surface area (Å²) in [4.78, 5) is 4.35. The average molecular weight is 299 g/mol. The molecule has 6 heteroatoms. The highest BCUT2D eigenvalue weighted by molar-refractivity contribution is 7.09. The summed E-state index contributed by atoms with van der Waals surface area (Å²) in [5, 5.41) is 3.48. The van der Waals surface area contributed by atoms with Crippen LogP contribution in [0.25, 0.3) is 0 Å². The second-order valence-corrected chi connectivity index (χ2v) is 5.35. The number of nitrogens with zero attached hydrogens (tertiary/aromatic N) is 1. The SMILES string of the molecule is COc1cc(Cl)cc(CN)c1OCc1nc(C)cs1. The van der Waals surface area contributed by atoms with Crippen molar-refractivity contribution in [3.8, 4) is 11.5 Å². The van der Waals surface area contributed by atoms with Crippen molar-refractivity contribution in [1.29, 1.82) is 0 Å². The highest BCUT2D eigenvalue weighted by atomic mass is 35.5. The van der Waals surface area contributed by atoms with E-state index in [1.807, 2.05) is 12.3 Å². The van der Waals surface area contributed by atoms with Crippen LogP contribution in [0.1, 0.15) is 16.3 Å². The summed E-state index contributed by atoms with van der Waals surface area (Å²) in [5.41, 5.74) is 7.52. The number of hydrogen-bond acceptors (Lipinski definition) is 5. The maximum absolute atomic E-state index is 6.00. The highest BCUT2D eigenvalue weighted by Crippen LogP contribution is 2.35. The summed E-state index contributed by atoms with van der Waals surface area (Å²) in [6, 6.07) is 3.50. The lowest BCUT2D eigenvalue weighted by Crippen LogP contribution is -2.04. The summed E-state index contributed by atoms with van der Waals surface area (Å²) in [6.45, 7) is 2.68. The van der Waals surface area contributed by atoms with Crippen LogP contribution >= 0.6 is 22.9 Å². The fourth-order valence-electron chi connectivity index (χ4n) is 1.69. The van der Waals surface area contributed by atoms with Crippen LogP contribution in [0, 0.1) is 6.92 Å². The molecule has 102 valence electrons. The Morgan fingerprint density at radius 3 is 2.79 bits per heavy atom. The van der Waals surface area contributed by atoms with E-state index in [2.05, 4.69) is 4.98 Å². The lowest BCUT2D eigenvalue weighted by Gasteiger charge is -2.14.